The predicted octanol–water partition coefficient (Wildman–Crippen LogP) is 3.79. The molecule has 0 aromatic carbocycles. The van der Waals surface area contributed by atoms with Gasteiger partial charge in [0.1, 0.15) is 10.8 Å². The van der Waals surface area contributed by atoms with Crippen molar-refractivity contribution in [3.63, 3.8) is 0 Å². The van der Waals surface area contributed by atoms with Crippen LogP contribution < -0.4 is 0 Å². The van der Waals surface area contributed by atoms with Crippen LogP contribution >= 0.6 is 34.2 Å². The van der Waals surface area contributed by atoms with Crippen LogP contribution in [0.25, 0.3) is 11.5 Å². The van der Waals surface area contributed by atoms with Crippen LogP contribution in [0.1, 0.15) is 37.3 Å². The number of nitrogens with zero attached hydrogens (tertiary/aromatic N) is 4. The lowest BCUT2D eigenvalue weighted by Gasteiger charge is -2.12. The van der Waals surface area contributed by atoms with E-state index in [2.05, 4.69) is 32.7 Å². The summed E-state index contributed by atoms with van der Waals surface area (Å²) in [5, 5.41) is 4.89. The molecule has 0 atom stereocenters. The van der Waals surface area contributed by atoms with Crippen molar-refractivity contribution in [2.75, 3.05) is 0 Å². The standard InChI is InChI=1S/C13H14ClIN4/c1-19-7-6-9(18-19)13-16-11(8-4-2-3-5-8)10(15)12(14)17-13/h6-8H,2-5H2,1H3. The summed E-state index contributed by atoms with van der Waals surface area (Å²) < 4.78 is 2.74. The first-order valence-corrected chi connectivity index (χ1v) is 7.84. The van der Waals surface area contributed by atoms with E-state index in [1.807, 2.05) is 19.3 Å². The van der Waals surface area contributed by atoms with Gasteiger partial charge in [-0.1, -0.05) is 24.4 Å². The molecule has 0 spiro atoms. The fourth-order valence-corrected chi connectivity index (χ4v) is 3.41. The van der Waals surface area contributed by atoms with E-state index in [0.29, 0.717) is 16.9 Å². The Morgan fingerprint density at radius 1 is 1.32 bits per heavy atom. The molecule has 3 rings (SSSR count). The van der Waals surface area contributed by atoms with Gasteiger partial charge in [0.2, 0.25) is 0 Å². The van der Waals surface area contributed by atoms with E-state index in [9.17, 15) is 0 Å². The minimum atomic E-state index is 0.523. The lowest BCUT2D eigenvalue weighted by Crippen LogP contribution is -2.05. The Labute approximate surface area is 130 Å². The third-order valence-electron chi connectivity index (χ3n) is 3.52. The number of aromatic nitrogens is 4. The van der Waals surface area contributed by atoms with Gasteiger partial charge in [-0.05, 0) is 41.5 Å². The smallest absolute Gasteiger partial charge is 0.181 e. The van der Waals surface area contributed by atoms with Crippen LogP contribution in [0.15, 0.2) is 12.3 Å². The molecular weight excluding hydrogens is 375 g/mol. The van der Waals surface area contributed by atoms with Gasteiger partial charge in [0.15, 0.2) is 5.82 Å². The minimum Gasteiger partial charge on any atom is -0.275 e. The van der Waals surface area contributed by atoms with Gasteiger partial charge < -0.3 is 0 Å². The van der Waals surface area contributed by atoms with Gasteiger partial charge in [-0.3, -0.25) is 4.68 Å². The fourth-order valence-electron chi connectivity index (χ4n) is 2.55. The summed E-state index contributed by atoms with van der Waals surface area (Å²) in [6.07, 6.45) is 6.85. The first kappa shape index (κ1) is 13.3. The van der Waals surface area contributed by atoms with Crippen LogP contribution in [0.5, 0.6) is 0 Å². The molecule has 1 aliphatic rings. The Kier molecular flexibility index (Phi) is 3.75. The topological polar surface area (TPSA) is 43.6 Å². The zero-order valence-electron chi connectivity index (χ0n) is 10.6. The predicted molar refractivity (Wildman–Crippen MR) is 83.2 cm³/mol. The van der Waals surface area contributed by atoms with Gasteiger partial charge in [0, 0.05) is 19.2 Å². The molecule has 4 nitrogen and oxygen atoms in total. The highest BCUT2D eigenvalue weighted by atomic mass is 127. The Hall–Kier alpha value is -0.690. The molecule has 1 fully saturated rings. The van der Waals surface area contributed by atoms with Gasteiger partial charge in [-0.15, -0.1) is 0 Å². The summed E-state index contributed by atoms with van der Waals surface area (Å²) in [5.41, 5.74) is 1.87. The molecular formula is C13H14ClIN4. The van der Waals surface area contributed by atoms with Crippen molar-refractivity contribution in [3.8, 4) is 11.5 Å². The Balaban J connectivity index is 2.06. The van der Waals surface area contributed by atoms with Crippen molar-refractivity contribution in [2.45, 2.75) is 31.6 Å². The quantitative estimate of drug-likeness (QED) is 0.581. The van der Waals surface area contributed by atoms with Crippen molar-refractivity contribution >= 4 is 34.2 Å². The van der Waals surface area contributed by atoms with Crippen LogP contribution in [0.2, 0.25) is 5.15 Å². The van der Waals surface area contributed by atoms with Gasteiger partial charge in [0.25, 0.3) is 0 Å². The van der Waals surface area contributed by atoms with Crippen LogP contribution in [0.4, 0.5) is 0 Å². The highest BCUT2D eigenvalue weighted by Crippen LogP contribution is 2.37. The van der Waals surface area contributed by atoms with E-state index < -0.39 is 0 Å². The maximum atomic E-state index is 6.26. The van der Waals surface area contributed by atoms with Crippen LogP contribution in [-0.4, -0.2) is 19.7 Å². The van der Waals surface area contributed by atoms with Gasteiger partial charge in [-0.25, -0.2) is 9.97 Å². The first-order chi connectivity index (χ1) is 9.15. The Morgan fingerprint density at radius 2 is 2.05 bits per heavy atom. The summed E-state index contributed by atoms with van der Waals surface area (Å²) in [7, 11) is 1.88. The molecule has 19 heavy (non-hydrogen) atoms. The molecule has 100 valence electrons. The fraction of sp³-hybridized carbons (Fsp3) is 0.462. The van der Waals surface area contributed by atoms with Crippen molar-refractivity contribution in [2.24, 2.45) is 7.05 Å². The summed E-state index contributed by atoms with van der Waals surface area (Å²) in [5.74, 6) is 1.16. The van der Waals surface area contributed by atoms with Gasteiger partial charge in [-0.2, -0.15) is 5.10 Å². The molecule has 2 aromatic heterocycles. The molecule has 0 radical (unpaired) electrons. The molecule has 2 aromatic rings. The van der Waals surface area contributed by atoms with E-state index in [4.69, 9.17) is 16.6 Å². The third-order valence-corrected chi connectivity index (χ3v) is 5.18. The highest BCUT2D eigenvalue weighted by Gasteiger charge is 2.24. The largest absolute Gasteiger partial charge is 0.275 e. The average molecular weight is 389 g/mol. The van der Waals surface area contributed by atoms with Crippen LogP contribution in [-0.2, 0) is 7.05 Å². The summed E-state index contributed by atoms with van der Waals surface area (Å²) in [6.45, 7) is 0. The van der Waals surface area contributed by atoms with Gasteiger partial charge >= 0.3 is 0 Å². The number of hydrogen-bond donors (Lipinski definition) is 0. The molecule has 1 saturated carbocycles. The third kappa shape index (κ3) is 2.63. The lowest BCUT2D eigenvalue weighted by atomic mass is 10.0. The van der Waals surface area contributed by atoms with Crippen LogP contribution in [0.3, 0.4) is 0 Å². The number of rotatable bonds is 2. The van der Waals surface area contributed by atoms with E-state index >= 15 is 0 Å². The van der Waals surface area contributed by atoms with E-state index in [1.54, 1.807) is 4.68 Å². The second-order valence-corrected chi connectivity index (χ2v) is 6.33. The number of hydrogen-bond acceptors (Lipinski definition) is 3. The molecule has 0 aliphatic heterocycles. The zero-order chi connectivity index (χ0) is 13.4. The molecule has 2 heterocycles. The Morgan fingerprint density at radius 3 is 2.68 bits per heavy atom. The molecule has 0 bridgehead atoms. The monoisotopic (exact) mass is 388 g/mol. The molecule has 0 N–H and O–H groups in total. The van der Waals surface area contributed by atoms with Crippen molar-refractivity contribution < 1.29 is 0 Å². The molecule has 0 saturated heterocycles. The maximum Gasteiger partial charge on any atom is 0.181 e. The summed E-state index contributed by atoms with van der Waals surface area (Å²) in [4.78, 5) is 9.08. The van der Waals surface area contributed by atoms with Crippen molar-refractivity contribution in [3.05, 3.63) is 26.7 Å². The van der Waals surface area contributed by atoms with E-state index in [1.165, 1.54) is 25.7 Å². The molecule has 0 unspecified atom stereocenters. The van der Waals surface area contributed by atoms with E-state index in [0.717, 1.165) is 15.0 Å². The maximum absolute atomic E-state index is 6.26. The summed E-state index contributed by atoms with van der Waals surface area (Å²) in [6, 6.07) is 1.91. The normalized spacial score (nSPS) is 16.2. The minimum absolute atomic E-state index is 0.523. The second-order valence-electron chi connectivity index (χ2n) is 4.89. The first-order valence-electron chi connectivity index (χ1n) is 6.38. The lowest BCUT2D eigenvalue weighted by molar-refractivity contribution is 0.689. The molecule has 1 aliphatic carbocycles. The van der Waals surface area contributed by atoms with Crippen molar-refractivity contribution in [1.82, 2.24) is 19.7 Å². The Bertz CT molecular complexity index is 605. The molecule has 0 amide bonds. The summed E-state index contributed by atoms with van der Waals surface area (Å²) >= 11 is 8.51. The van der Waals surface area contributed by atoms with Gasteiger partial charge in [0.05, 0.1) is 9.26 Å². The van der Waals surface area contributed by atoms with E-state index in [-0.39, 0.29) is 0 Å². The zero-order valence-corrected chi connectivity index (χ0v) is 13.5. The average Bonchev–Trinajstić information content (AvgIpc) is 3.03. The van der Waals surface area contributed by atoms with Crippen LogP contribution in [0, 0.1) is 3.57 Å². The number of halogens is 2. The SMILES string of the molecule is Cn1ccc(-c2nc(Cl)c(I)c(C3CCCC3)n2)n1. The highest BCUT2D eigenvalue weighted by molar-refractivity contribution is 14.1. The molecule has 6 heteroatoms. The number of aryl methyl sites for hydroxylation is 1. The second kappa shape index (κ2) is 5.36. The van der Waals surface area contributed by atoms with Crippen molar-refractivity contribution in [1.29, 1.82) is 0 Å².